The fraction of sp³-hybridized carbons (Fsp3) is 0.636. The fourth-order valence-corrected chi connectivity index (χ4v) is 3.16. The van der Waals surface area contributed by atoms with Crippen molar-refractivity contribution in [1.29, 1.82) is 0 Å². The number of halogens is 1. The minimum atomic E-state index is -0.218. The van der Waals surface area contributed by atoms with Crippen LogP contribution in [0, 0.1) is 0 Å². The summed E-state index contributed by atoms with van der Waals surface area (Å²) in [4.78, 5) is 11.8. The number of nitrogens with one attached hydrogen (secondary N) is 1. The quantitative estimate of drug-likeness (QED) is 0.917. The monoisotopic (exact) mass is 273 g/mol. The van der Waals surface area contributed by atoms with Crippen LogP contribution in [0.15, 0.2) is 11.0 Å². The summed E-state index contributed by atoms with van der Waals surface area (Å²) in [5, 5.41) is 7.65. The van der Waals surface area contributed by atoms with Crippen molar-refractivity contribution in [2.45, 2.75) is 32.4 Å². The first-order valence-corrected chi connectivity index (χ1v) is 7.35. The molecule has 0 saturated carbocycles. The van der Waals surface area contributed by atoms with Gasteiger partial charge in [0.1, 0.15) is 5.02 Å². The fourth-order valence-electron chi connectivity index (χ4n) is 1.85. The van der Waals surface area contributed by atoms with E-state index in [4.69, 9.17) is 11.6 Å². The van der Waals surface area contributed by atoms with Crippen molar-refractivity contribution in [3.8, 4) is 0 Å². The molecule has 0 bridgehead atoms. The van der Waals surface area contributed by atoms with Gasteiger partial charge in [0.15, 0.2) is 0 Å². The van der Waals surface area contributed by atoms with Crippen LogP contribution >= 0.6 is 23.4 Å². The van der Waals surface area contributed by atoms with Crippen molar-refractivity contribution in [2.75, 3.05) is 16.8 Å². The first-order chi connectivity index (χ1) is 8.22. The summed E-state index contributed by atoms with van der Waals surface area (Å²) in [6.07, 6.45) is 3.87. The van der Waals surface area contributed by atoms with E-state index in [2.05, 4.69) is 10.4 Å². The summed E-state index contributed by atoms with van der Waals surface area (Å²) in [7, 11) is 0. The third kappa shape index (κ3) is 2.96. The maximum Gasteiger partial charge on any atom is 0.287 e. The normalized spacial score (nSPS) is 17.1. The highest BCUT2D eigenvalue weighted by Crippen LogP contribution is 2.23. The molecular formula is C11H16ClN3OS. The van der Waals surface area contributed by atoms with Crippen LogP contribution in [0.2, 0.25) is 5.02 Å². The van der Waals surface area contributed by atoms with Crippen molar-refractivity contribution in [3.05, 3.63) is 21.6 Å². The molecule has 0 atom stereocenters. The van der Waals surface area contributed by atoms with Gasteiger partial charge in [0.2, 0.25) is 0 Å². The molecule has 1 N–H and O–H groups in total. The largest absolute Gasteiger partial charge is 0.380 e. The van der Waals surface area contributed by atoms with Crippen LogP contribution < -0.4 is 10.9 Å². The van der Waals surface area contributed by atoms with Crippen molar-refractivity contribution in [3.63, 3.8) is 0 Å². The molecule has 0 amide bonds. The molecule has 0 unspecified atom stereocenters. The van der Waals surface area contributed by atoms with Gasteiger partial charge in [-0.05, 0) is 31.3 Å². The summed E-state index contributed by atoms with van der Waals surface area (Å²) >= 11 is 8.02. The zero-order valence-electron chi connectivity index (χ0n) is 9.78. The van der Waals surface area contributed by atoms with Gasteiger partial charge >= 0.3 is 0 Å². The number of rotatable bonds is 3. The molecular weight excluding hydrogens is 258 g/mol. The third-order valence-corrected chi connectivity index (χ3v) is 4.28. The minimum Gasteiger partial charge on any atom is -0.380 e. The third-order valence-electron chi connectivity index (χ3n) is 2.87. The molecule has 94 valence electrons. The second-order valence-electron chi connectivity index (χ2n) is 4.02. The lowest BCUT2D eigenvalue weighted by atomic mass is 10.1. The molecule has 0 spiro atoms. The standard InChI is InChI=1S/C11H16ClN3OS/c1-2-15-11(16)10(12)9(7-13-15)14-8-3-5-17-6-4-8/h7-8,14H,2-6H2,1H3. The molecule has 1 aliphatic heterocycles. The number of nitrogens with zero attached hydrogens (tertiary/aromatic N) is 2. The van der Waals surface area contributed by atoms with E-state index in [-0.39, 0.29) is 10.6 Å². The van der Waals surface area contributed by atoms with Crippen molar-refractivity contribution < 1.29 is 0 Å². The molecule has 6 heteroatoms. The number of aryl methyl sites for hydroxylation is 1. The van der Waals surface area contributed by atoms with Gasteiger partial charge in [0, 0.05) is 12.6 Å². The minimum absolute atomic E-state index is 0.218. The number of thioether (sulfide) groups is 1. The van der Waals surface area contributed by atoms with Crippen LogP contribution in [0.25, 0.3) is 0 Å². The molecule has 0 aliphatic carbocycles. The Balaban J connectivity index is 2.15. The molecule has 2 heterocycles. The lowest BCUT2D eigenvalue weighted by Crippen LogP contribution is -2.28. The number of aromatic nitrogens is 2. The van der Waals surface area contributed by atoms with Gasteiger partial charge in [-0.25, -0.2) is 4.68 Å². The Bertz CT molecular complexity index is 443. The molecule has 1 aromatic rings. The maximum atomic E-state index is 11.8. The van der Waals surface area contributed by atoms with Crippen LogP contribution in [-0.2, 0) is 6.54 Å². The Hall–Kier alpha value is -0.680. The molecule has 1 aliphatic rings. The van der Waals surface area contributed by atoms with Crippen LogP contribution in [0.3, 0.4) is 0 Å². The van der Waals surface area contributed by atoms with E-state index in [0.717, 1.165) is 24.3 Å². The summed E-state index contributed by atoms with van der Waals surface area (Å²) in [6.45, 7) is 2.41. The van der Waals surface area contributed by atoms with E-state index in [0.29, 0.717) is 18.3 Å². The van der Waals surface area contributed by atoms with Gasteiger partial charge in [-0.15, -0.1) is 0 Å². The first-order valence-electron chi connectivity index (χ1n) is 5.82. The molecule has 0 aromatic carbocycles. The van der Waals surface area contributed by atoms with E-state index in [1.807, 2.05) is 18.7 Å². The van der Waals surface area contributed by atoms with Crippen LogP contribution in [0.5, 0.6) is 0 Å². The molecule has 2 rings (SSSR count). The van der Waals surface area contributed by atoms with Gasteiger partial charge in [-0.1, -0.05) is 11.6 Å². The average molecular weight is 274 g/mol. The predicted molar refractivity (Wildman–Crippen MR) is 73.2 cm³/mol. The summed E-state index contributed by atoms with van der Waals surface area (Å²) in [5.74, 6) is 2.32. The topological polar surface area (TPSA) is 46.9 Å². The van der Waals surface area contributed by atoms with Gasteiger partial charge in [0.05, 0.1) is 11.9 Å². The molecule has 4 nitrogen and oxygen atoms in total. The van der Waals surface area contributed by atoms with E-state index < -0.39 is 0 Å². The van der Waals surface area contributed by atoms with E-state index >= 15 is 0 Å². The summed E-state index contributed by atoms with van der Waals surface area (Å²) < 4.78 is 1.37. The van der Waals surface area contributed by atoms with Crippen LogP contribution in [0.1, 0.15) is 19.8 Å². The van der Waals surface area contributed by atoms with Crippen LogP contribution in [-0.4, -0.2) is 27.3 Å². The van der Waals surface area contributed by atoms with Gasteiger partial charge in [-0.3, -0.25) is 4.79 Å². The lowest BCUT2D eigenvalue weighted by molar-refractivity contribution is 0.612. The summed E-state index contributed by atoms with van der Waals surface area (Å²) in [6, 6.07) is 0.410. The summed E-state index contributed by atoms with van der Waals surface area (Å²) in [5.41, 5.74) is 0.447. The zero-order valence-corrected chi connectivity index (χ0v) is 11.4. The predicted octanol–water partition coefficient (Wildman–Crippen LogP) is 2.22. The van der Waals surface area contributed by atoms with Crippen LogP contribution in [0.4, 0.5) is 5.69 Å². The maximum absolute atomic E-state index is 11.8. The van der Waals surface area contributed by atoms with Gasteiger partial charge < -0.3 is 5.32 Å². The van der Waals surface area contributed by atoms with Gasteiger partial charge in [-0.2, -0.15) is 16.9 Å². The second-order valence-corrected chi connectivity index (χ2v) is 5.63. The zero-order chi connectivity index (χ0) is 12.3. The highest BCUT2D eigenvalue weighted by atomic mass is 35.5. The molecule has 1 saturated heterocycles. The van der Waals surface area contributed by atoms with Crippen molar-refractivity contribution in [1.82, 2.24) is 9.78 Å². The van der Waals surface area contributed by atoms with E-state index in [9.17, 15) is 4.79 Å². The van der Waals surface area contributed by atoms with Gasteiger partial charge in [0.25, 0.3) is 5.56 Å². The second kappa shape index (κ2) is 5.78. The Kier molecular flexibility index (Phi) is 4.34. The highest BCUT2D eigenvalue weighted by molar-refractivity contribution is 7.99. The average Bonchev–Trinajstić information content (AvgIpc) is 2.37. The Morgan fingerprint density at radius 2 is 2.29 bits per heavy atom. The molecule has 1 aromatic heterocycles. The Morgan fingerprint density at radius 1 is 1.59 bits per heavy atom. The number of hydrogen-bond donors (Lipinski definition) is 1. The van der Waals surface area contributed by atoms with Crippen molar-refractivity contribution in [2.24, 2.45) is 0 Å². The Labute approximate surface area is 110 Å². The molecule has 17 heavy (non-hydrogen) atoms. The van der Waals surface area contributed by atoms with E-state index in [1.54, 1.807) is 6.20 Å². The van der Waals surface area contributed by atoms with Crippen molar-refractivity contribution >= 4 is 29.1 Å². The molecule has 0 radical (unpaired) electrons. The number of anilines is 1. The SMILES string of the molecule is CCn1ncc(NC2CCSCC2)c(Cl)c1=O. The smallest absolute Gasteiger partial charge is 0.287 e. The Morgan fingerprint density at radius 3 is 2.94 bits per heavy atom. The van der Waals surface area contributed by atoms with E-state index in [1.165, 1.54) is 4.68 Å². The lowest BCUT2D eigenvalue weighted by Gasteiger charge is -2.23. The first kappa shape index (κ1) is 12.8. The molecule has 1 fully saturated rings. The highest BCUT2D eigenvalue weighted by Gasteiger charge is 2.16. The number of hydrogen-bond acceptors (Lipinski definition) is 4.